The number of carbonyl (C=O) groups is 1. The quantitative estimate of drug-likeness (QED) is 0.545. The summed E-state index contributed by atoms with van der Waals surface area (Å²) < 4.78 is 7.09. The van der Waals surface area contributed by atoms with Gasteiger partial charge < -0.3 is 9.84 Å². The molecule has 0 bridgehead atoms. The van der Waals surface area contributed by atoms with Crippen molar-refractivity contribution in [1.82, 2.24) is 30.2 Å². The molecule has 0 unspecified atom stereocenters. The molecule has 0 fully saturated rings. The van der Waals surface area contributed by atoms with Crippen LogP contribution in [0.3, 0.4) is 0 Å². The van der Waals surface area contributed by atoms with Gasteiger partial charge in [0, 0.05) is 42.2 Å². The van der Waals surface area contributed by atoms with Gasteiger partial charge in [-0.05, 0) is 56.3 Å². The largest absolute Gasteiger partial charge is 0.352 e. The maximum absolute atomic E-state index is 12.4. The van der Waals surface area contributed by atoms with Gasteiger partial charge in [-0.15, -0.1) is 0 Å². The Morgan fingerprint density at radius 1 is 1.17 bits per heavy atom. The van der Waals surface area contributed by atoms with Gasteiger partial charge in [0.2, 0.25) is 11.7 Å². The third-order valence-corrected chi connectivity index (χ3v) is 4.40. The van der Waals surface area contributed by atoms with Crippen LogP contribution in [0.25, 0.3) is 17.1 Å². The Labute approximate surface area is 167 Å². The van der Waals surface area contributed by atoms with Crippen LogP contribution < -0.4 is 5.32 Å². The van der Waals surface area contributed by atoms with Crippen molar-refractivity contribution in [1.29, 1.82) is 0 Å². The highest BCUT2D eigenvalue weighted by Crippen LogP contribution is 2.14. The number of hydrogen-bond donors (Lipinski definition) is 1. The molecule has 8 nitrogen and oxygen atoms in total. The number of rotatable bonds is 6. The van der Waals surface area contributed by atoms with E-state index in [-0.39, 0.29) is 5.91 Å². The van der Waals surface area contributed by atoms with E-state index in [0.29, 0.717) is 30.2 Å². The molecule has 0 radical (unpaired) electrons. The summed E-state index contributed by atoms with van der Waals surface area (Å²) in [5, 5.41) is 11.3. The molecular formula is C21H20N6O2. The monoisotopic (exact) mass is 388 g/mol. The molecule has 0 aliphatic carbocycles. The van der Waals surface area contributed by atoms with E-state index in [9.17, 15) is 4.79 Å². The smallest absolute Gasteiger partial charge is 0.251 e. The number of benzene rings is 1. The average Bonchev–Trinajstić information content (AvgIpc) is 3.35. The molecule has 146 valence electrons. The lowest BCUT2D eigenvalue weighted by Gasteiger charge is -2.07. The normalized spacial score (nSPS) is 10.8. The highest BCUT2D eigenvalue weighted by molar-refractivity contribution is 5.94. The lowest BCUT2D eigenvalue weighted by Crippen LogP contribution is -2.25. The van der Waals surface area contributed by atoms with Crippen LogP contribution in [-0.2, 0) is 6.42 Å². The molecule has 0 aliphatic heterocycles. The molecule has 4 aromatic rings. The summed E-state index contributed by atoms with van der Waals surface area (Å²) in [5.74, 6) is 0.792. The first-order valence-electron chi connectivity index (χ1n) is 9.25. The standard InChI is InChI=1S/C21H20N6O2/c1-14-12-15(2)27(25-14)18-7-5-16(6-8-18)21(28)23-11-9-19-24-20(26-29-19)17-4-3-10-22-13-17/h3-8,10,12-13H,9,11H2,1-2H3,(H,23,28). The molecule has 0 spiro atoms. The Hall–Kier alpha value is -3.81. The van der Waals surface area contributed by atoms with Crippen molar-refractivity contribution in [3.8, 4) is 17.1 Å². The van der Waals surface area contributed by atoms with Gasteiger partial charge in [-0.3, -0.25) is 9.78 Å². The maximum atomic E-state index is 12.4. The zero-order valence-corrected chi connectivity index (χ0v) is 16.2. The van der Waals surface area contributed by atoms with E-state index in [1.807, 2.05) is 48.9 Å². The fourth-order valence-electron chi connectivity index (χ4n) is 3.00. The zero-order valence-electron chi connectivity index (χ0n) is 16.2. The molecule has 29 heavy (non-hydrogen) atoms. The molecule has 1 amide bonds. The van der Waals surface area contributed by atoms with Gasteiger partial charge in [-0.1, -0.05) is 5.16 Å². The number of hydrogen-bond acceptors (Lipinski definition) is 6. The van der Waals surface area contributed by atoms with Crippen LogP contribution in [0.15, 0.2) is 59.4 Å². The minimum Gasteiger partial charge on any atom is -0.352 e. The minimum atomic E-state index is -0.156. The third kappa shape index (κ3) is 4.21. The van der Waals surface area contributed by atoms with Crippen LogP contribution in [0.5, 0.6) is 0 Å². The molecule has 1 N–H and O–H groups in total. The molecular weight excluding hydrogens is 368 g/mol. The predicted molar refractivity (Wildman–Crippen MR) is 107 cm³/mol. The Morgan fingerprint density at radius 3 is 2.69 bits per heavy atom. The first kappa shape index (κ1) is 18.5. The van der Waals surface area contributed by atoms with Crippen LogP contribution >= 0.6 is 0 Å². The van der Waals surface area contributed by atoms with Gasteiger partial charge in [0.25, 0.3) is 5.91 Å². The molecule has 0 atom stereocenters. The number of amides is 1. The Balaban J connectivity index is 1.33. The van der Waals surface area contributed by atoms with Crippen LogP contribution in [-0.4, -0.2) is 37.4 Å². The molecule has 0 aliphatic rings. The molecule has 0 saturated heterocycles. The second-order valence-corrected chi connectivity index (χ2v) is 6.65. The van der Waals surface area contributed by atoms with Crippen molar-refractivity contribution < 1.29 is 9.32 Å². The Bertz CT molecular complexity index is 1120. The average molecular weight is 388 g/mol. The van der Waals surface area contributed by atoms with Gasteiger partial charge in [0.05, 0.1) is 11.4 Å². The zero-order chi connectivity index (χ0) is 20.2. The lowest BCUT2D eigenvalue weighted by atomic mass is 10.2. The van der Waals surface area contributed by atoms with E-state index < -0.39 is 0 Å². The Kier molecular flexibility index (Phi) is 5.15. The van der Waals surface area contributed by atoms with Crippen LogP contribution in [0.4, 0.5) is 0 Å². The van der Waals surface area contributed by atoms with Crippen molar-refractivity contribution in [3.05, 3.63) is 77.7 Å². The van der Waals surface area contributed by atoms with E-state index in [4.69, 9.17) is 4.52 Å². The van der Waals surface area contributed by atoms with Crippen molar-refractivity contribution >= 4 is 5.91 Å². The molecule has 0 saturated carbocycles. The number of carbonyl (C=O) groups excluding carboxylic acids is 1. The lowest BCUT2D eigenvalue weighted by molar-refractivity contribution is 0.0953. The van der Waals surface area contributed by atoms with Gasteiger partial charge in [-0.25, -0.2) is 4.68 Å². The molecule has 3 heterocycles. The fraction of sp³-hybridized carbons (Fsp3) is 0.190. The minimum absolute atomic E-state index is 0.156. The van der Waals surface area contributed by atoms with Gasteiger partial charge in [0.15, 0.2) is 0 Å². The molecule has 4 rings (SSSR count). The van der Waals surface area contributed by atoms with E-state index in [2.05, 4.69) is 25.5 Å². The predicted octanol–water partition coefficient (Wildman–Crippen LogP) is 2.91. The van der Waals surface area contributed by atoms with Gasteiger partial charge in [-0.2, -0.15) is 10.1 Å². The van der Waals surface area contributed by atoms with Crippen molar-refractivity contribution in [2.24, 2.45) is 0 Å². The van der Waals surface area contributed by atoms with Crippen molar-refractivity contribution in [2.45, 2.75) is 20.3 Å². The maximum Gasteiger partial charge on any atom is 0.251 e. The summed E-state index contributed by atoms with van der Waals surface area (Å²) in [6.07, 6.45) is 3.80. The molecule has 1 aromatic carbocycles. The number of pyridine rings is 1. The SMILES string of the molecule is Cc1cc(C)n(-c2ccc(C(=O)NCCc3nc(-c4cccnc4)no3)cc2)n1. The summed E-state index contributed by atoms with van der Waals surface area (Å²) in [6.45, 7) is 4.35. The van der Waals surface area contributed by atoms with Crippen LogP contribution in [0, 0.1) is 13.8 Å². The second-order valence-electron chi connectivity index (χ2n) is 6.65. The fourth-order valence-corrected chi connectivity index (χ4v) is 3.00. The van der Waals surface area contributed by atoms with Gasteiger partial charge >= 0.3 is 0 Å². The first-order chi connectivity index (χ1) is 14.1. The summed E-state index contributed by atoms with van der Waals surface area (Å²) in [4.78, 5) is 20.7. The summed E-state index contributed by atoms with van der Waals surface area (Å²) in [7, 11) is 0. The summed E-state index contributed by atoms with van der Waals surface area (Å²) >= 11 is 0. The number of nitrogens with zero attached hydrogens (tertiary/aromatic N) is 5. The van der Waals surface area contributed by atoms with Crippen LogP contribution in [0.1, 0.15) is 27.6 Å². The topological polar surface area (TPSA) is 98.7 Å². The van der Waals surface area contributed by atoms with Crippen molar-refractivity contribution in [2.75, 3.05) is 6.54 Å². The summed E-state index contributed by atoms with van der Waals surface area (Å²) in [5.41, 5.74) is 4.29. The second kappa shape index (κ2) is 8.05. The molecule has 3 aromatic heterocycles. The van der Waals surface area contributed by atoms with Crippen LogP contribution in [0.2, 0.25) is 0 Å². The van der Waals surface area contributed by atoms with Gasteiger partial charge in [0.1, 0.15) is 0 Å². The Morgan fingerprint density at radius 2 is 2.00 bits per heavy atom. The van der Waals surface area contributed by atoms with E-state index >= 15 is 0 Å². The van der Waals surface area contributed by atoms with E-state index in [1.54, 1.807) is 24.5 Å². The number of nitrogens with one attached hydrogen (secondary N) is 1. The highest BCUT2D eigenvalue weighted by Gasteiger charge is 2.11. The number of aromatic nitrogens is 5. The summed E-state index contributed by atoms with van der Waals surface area (Å²) in [6, 6.07) is 13.0. The van der Waals surface area contributed by atoms with Crippen molar-refractivity contribution in [3.63, 3.8) is 0 Å². The third-order valence-electron chi connectivity index (χ3n) is 4.40. The highest BCUT2D eigenvalue weighted by atomic mass is 16.5. The van der Waals surface area contributed by atoms with E-state index in [1.165, 1.54) is 0 Å². The number of aryl methyl sites for hydroxylation is 2. The van der Waals surface area contributed by atoms with E-state index in [0.717, 1.165) is 22.6 Å². The molecule has 8 heteroatoms. The first-order valence-corrected chi connectivity index (χ1v) is 9.25.